The number of methoxy groups -OCH3 is 2. The van der Waals surface area contributed by atoms with Gasteiger partial charge in [-0.15, -0.1) is 0 Å². The second-order valence-corrected chi connectivity index (χ2v) is 11.4. The lowest BCUT2D eigenvalue weighted by molar-refractivity contribution is -0.0253. The van der Waals surface area contributed by atoms with Gasteiger partial charge in [0.05, 0.1) is 92.3 Å². The van der Waals surface area contributed by atoms with E-state index in [0.29, 0.717) is 57.7 Å². The third-order valence-corrected chi connectivity index (χ3v) is 7.63. The molecule has 13 heteroatoms. The van der Waals surface area contributed by atoms with Gasteiger partial charge < -0.3 is 43.2 Å². The second kappa shape index (κ2) is 20.4. The van der Waals surface area contributed by atoms with Crippen molar-refractivity contribution in [2.24, 2.45) is 5.50 Å². The van der Waals surface area contributed by atoms with Crippen molar-refractivity contribution in [2.75, 3.05) is 86.9 Å². The molecule has 0 spiro atoms. The van der Waals surface area contributed by atoms with Gasteiger partial charge in [0.15, 0.2) is 0 Å². The highest BCUT2D eigenvalue weighted by molar-refractivity contribution is 7.50. The minimum absolute atomic E-state index is 0.0111. The van der Waals surface area contributed by atoms with Crippen LogP contribution in [0.25, 0.3) is 0 Å². The van der Waals surface area contributed by atoms with Crippen LogP contribution in [0.3, 0.4) is 0 Å². The van der Waals surface area contributed by atoms with Gasteiger partial charge in [0.2, 0.25) is 0 Å². The Labute approximate surface area is 270 Å². The van der Waals surface area contributed by atoms with Gasteiger partial charge in [0, 0.05) is 0 Å². The molecule has 0 aliphatic heterocycles. The molecule has 3 rings (SSSR count). The molecular formula is C33H46NO11P. The summed E-state index contributed by atoms with van der Waals surface area (Å²) in [6.45, 7) is 3.06. The summed E-state index contributed by atoms with van der Waals surface area (Å²) in [5, 5.41) is 8.67. The number of hydrogen-bond donors (Lipinski definition) is 3. The predicted octanol–water partition coefficient (Wildman–Crippen LogP) is 3.56. The summed E-state index contributed by atoms with van der Waals surface area (Å²) < 4.78 is 57.0. The molecule has 0 radical (unpaired) electrons. The maximum Gasteiger partial charge on any atom is 0.400 e. The lowest BCUT2D eigenvalue weighted by Crippen LogP contribution is -2.46. The van der Waals surface area contributed by atoms with Crippen molar-refractivity contribution in [3.05, 3.63) is 95.6 Å². The van der Waals surface area contributed by atoms with Gasteiger partial charge in [-0.05, 0) is 41.0 Å². The van der Waals surface area contributed by atoms with Gasteiger partial charge >= 0.3 is 7.75 Å². The van der Waals surface area contributed by atoms with Crippen LogP contribution in [0.15, 0.2) is 78.9 Å². The first-order chi connectivity index (χ1) is 22.3. The molecule has 0 amide bonds. The average molecular weight is 664 g/mol. The topological polar surface area (TPSA) is 157 Å². The minimum Gasteiger partial charge on any atom is -0.497 e. The maximum absolute atomic E-state index is 12.7. The Morgan fingerprint density at radius 2 is 1.02 bits per heavy atom. The average Bonchev–Trinajstić information content (AvgIpc) is 3.07. The van der Waals surface area contributed by atoms with E-state index in [1.807, 2.05) is 78.9 Å². The molecule has 46 heavy (non-hydrogen) atoms. The fourth-order valence-corrected chi connectivity index (χ4v) is 5.60. The fraction of sp³-hybridized carbons (Fsp3) is 0.455. The van der Waals surface area contributed by atoms with E-state index in [4.69, 9.17) is 48.3 Å². The molecule has 3 aromatic carbocycles. The second-order valence-electron chi connectivity index (χ2n) is 10.0. The van der Waals surface area contributed by atoms with E-state index in [2.05, 4.69) is 0 Å². The Hall–Kier alpha value is -2.87. The molecule has 2 atom stereocenters. The van der Waals surface area contributed by atoms with Crippen LogP contribution < -0.4 is 15.0 Å². The van der Waals surface area contributed by atoms with E-state index in [-0.39, 0.29) is 26.4 Å². The van der Waals surface area contributed by atoms with Gasteiger partial charge in [-0.1, -0.05) is 54.6 Å². The van der Waals surface area contributed by atoms with Crippen LogP contribution in [-0.4, -0.2) is 103 Å². The lowest BCUT2D eigenvalue weighted by Gasteiger charge is -2.42. The monoisotopic (exact) mass is 663 g/mol. The molecule has 0 bridgehead atoms. The van der Waals surface area contributed by atoms with E-state index in [0.717, 1.165) is 16.7 Å². The summed E-state index contributed by atoms with van der Waals surface area (Å²) in [5.41, 5.74) is 6.83. The Morgan fingerprint density at radius 1 is 0.630 bits per heavy atom. The van der Waals surface area contributed by atoms with E-state index >= 15 is 0 Å². The predicted molar refractivity (Wildman–Crippen MR) is 172 cm³/mol. The number of rotatable bonds is 24. The quantitative estimate of drug-likeness (QED) is 0.0729. The number of aliphatic hydroxyl groups is 1. The highest BCUT2D eigenvalue weighted by Gasteiger charge is 2.47. The van der Waals surface area contributed by atoms with Crippen LogP contribution >= 0.6 is 7.75 Å². The molecule has 3 aromatic rings. The van der Waals surface area contributed by atoms with Crippen molar-refractivity contribution in [3.8, 4) is 11.5 Å². The smallest absolute Gasteiger partial charge is 0.400 e. The Balaban J connectivity index is 1.73. The highest BCUT2D eigenvalue weighted by Crippen LogP contribution is 2.48. The van der Waals surface area contributed by atoms with E-state index in [1.54, 1.807) is 14.2 Å². The van der Waals surface area contributed by atoms with Gasteiger partial charge in [-0.2, -0.15) is 0 Å². The SMILES string of the molecule is COc1ccc(C(c2ccccc2)(c2ccc(OC)cc2)C(COCCOCCOCCOCCOCCO)OP(N)(=O)O)cc1. The van der Waals surface area contributed by atoms with Crippen LogP contribution in [0.1, 0.15) is 16.7 Å². The van der Waals surface area contributed by atoms with Crippen molar-refractivity contribution >= 4 is 7.75 Å². The molecule has 12 nitrogen and oxygen atoms in total. The van der Waals surface area contributed by atoms with Crippen molar-refractivity contribution in [1.82, 2.24) is 0 Å². The normalized spacial score (nSPS) is 13.7. The Morgan fingerprint density at radius 3 is 1.41 bits per heavy atom. The number of ether oxygens (including phenoxy) is 7. The summed E-state index contributed by atoms with van der Waals surface area (Å²) in [4.78, 5) is 10.3. The van der Waals surface area contributed by atoms with Crippen molar-refractivity contribution < 1.29 is 52.2 Å². The molecule has 254 valence electrons. The standard InChI is InChI=1S/C33H46NO11P/c1-38-30-12-8-28(9-13-30)33(27-6-4-3-5-7-27,29-10-14-31(39-2)15-11-29)32(45-46(34,36)37)26-44-25-24-43-23-22-42-21-20-41-19-18-40-17-16-35/h3-15,32,35H,16-26H2,1-2H3,(H3,34,36,37). The zero-order valence-electron chi connectivity index (χ0n) is 26.5. The van der Waals surface area contributed by atoms with Crippen LogP contribution in [0, 0.1) is 0 Å². The summed E-state index contributed by atoms with van der Waals surface area (Å²) in [5.74, 6) is 1.30. The highest BCUT2D eigenvalue weighted by atomic mass is 31.2. The van der Waals surface area contributed by atoms with E-state index in [9.17, 15) is 9.46 Å². The van der Waals surface area contributed by atoms with Crippen LogP contribution in [0.2, 0.25) is 0 Å². The summed E-state index contributed by atoms with van der Waals surface area (Å²) in [6.07, 6.45) is -1.05. The fourth-order valence-electron chi connectivity index (χ4n) is 5.02. The molecule has 0 saturated heterocycles. The molecule has 0 heterocycles. The third kappa shape index (κ3) is 11.7. The summed E-state index contributed by atoms with van der Waals surface area (Å²) in [6, 6.07) is 24.4. The molecule has 2 unspecified atom stereocenters. The van der Waals surface area contributed by atoms with E-state index in [1.165, 1.54) is 0 Å². The van der Waals surface area contributed by atoms with Gasteiger partial charge in [0.25, 0.3) is 0 Å². The van der Waals surface area contributed by atoms with E-state index < -0.39 is 19.3 Å². The minimum atomic E-state index is -4.50. The number of aliphatic hydroxyl groups excluding tert-OH is 1. The molecule has 0 fully saturated rings. The van der Waals surface area contributed by atoms with Crippen molar-refractivity contribution in [1.29, 1.82) is 0 Å². The number of nitrogens with two attached hydrogens (primary N) is 1. The molecule has 4 N–H and O–H groups in total. The first-order valence-corrected chi connectivity index (χ1v) is 16.6. The Kier molecular flexibility index (Phi) is 16.7. The molecule has 0 saturated carbocycles. The molecule has 0 aliphatic carbocycles. The number of benzene rings is 3. The van der Waals surface area contributed by atoms with Gasteiger partial charge in [0.1, 0.15) is 17.6 Å². The zero-order valence-corrected chi connectivity index (χ0v) is 27.3. The van der Waals surface area contributed by atoms with Crippen LogP contribution in [-0.2, 0) is 38.2 Å². The third-order valence-electron chi connectivity index (χ3n) is 7.07. The first-order valence-electron chi connectivity index (χ1n) is 15.0. The Bertz CT molecular complexity index is 1230. The molecular weight excluding hydrogens is 617 g/mol. The molecule has 0 aromatic heterocycles. The maximum atomic E-state index is 12.7. The largest absolute Gasteiger partial charge is 0.497 e. The van der Waals surface area contributed by atoms with Crippen LogP contribution in [0.4, 0.5) is 0 Å². The first kappa shape index (κ1) is 37.6. The number of hydrogen-bond acceptors (Lipinski definition) is 10. The van der Waals surface area contributed by atoms with Gasteiger partial charge in [-0.3, -0.25) is 4.52 Å². The lowest BCUT2D eigenvalue weighted by atomic mass is 9.66. The van der Waals surface area contributed by atoms with Crippen LogP contribution in [0.5, 0.6) is 11.5 Å². The summed E-state index contributed by atoms with van der Waals surface area (Å²) in [7, 11) is -1.33. The molecule has 0 aliphatic rings. The van der Waals surface area contributed by atoms with Crippen molar-refractivity contribution in [2.45, 2.75) is 11.5 Å². The zero-order chi connectivity index (χ0) is 33.1. The van der Waals surface area contributed by atoms with Crippen molar-refractivity contribution in [3.63, 3.8) is 0 Å². The summed E-state index contributed by atoms with van der Waals surface area (Å²) >= 11 is 0. The van der Waals surface area contributed by atoms with Gasteiger partial charge in [-0.25, -0.2) is 10.1 Å².